The highest BCUT2D eigenvalue weighted by Crippen LogP contribution is 2.38. The van der Waals surface area contributed by atoms with Crippen LogP contribution in [0.4, 0.5) is 4.39 Å². The number of nitrogens with one attached hydrogen (secondary N) is 1. The second-order valence-corrected chi connectivity index (χ2v) is 5.62. The number of benzene rings is 2. The molecule has 0 aliphatic heterocycles. The molecular weight excluding hydrogens is 265 g/mol. The van der Waals surface area contributed by atoms with E-state index >= 15 is 0 Å². The minimum Gasteiger partial charge on any atom is -0.343 e. The van der Waals surface area contributed by atoms with E-state index < -0.39 is 0 Å². The molecule has 0 aromatic heterocycles. The van der Waals surface area contributed by atoms with Gasteiger partial charge < -0.3 is 5.32 Å². The van der Waals surface area contributed by atoms with Crippen molar-refractivity contribution in [1.29, 1.82) is 0 Å². The number of hydrogen-bond acceptors (Lipinski definition) is 1. The van der Waals surface area contributed by atoms with Crippen LogP contribution in [0.15, 0.2) is 54.6 Å². The van der Waals surface area contributed by atoms with Crippen LogP contribution in [0.2, 0.25) is 0 Å². The van der Waals surface area contributed by atoms with Gasteiger partial charge in [-0.1, -0.05) is 43.2 Å². The van der Waals surface area contributed by atoms with Gasteiger partial charge in [-0.3, -0.25) is 4.79 Å². The Hall–Kier alpha value is -2.16. The SMILES string of the molecule is O=C(NC1(c2ccccc2)CCCC1)c1ccc(F)cc1. The minimum atomic E-state index is -0.329. The van der Waals surface area contributed by atoms with Crippen molar-refractivity contribution >= 4 is 5.91 Å². The molecule has 0 atom stereocenters. The first-order valence-corrected chi connectivity index (χ1v) is 7.33. The lowest BCUT2D eigenvalue weighted by Gasteiger charge is -2.31. The summed E-state index contributed by atoms with van der Waals surface area (Å²) in [5.74, 6) is -0.467. The molecule has 0 radical (unpaired) electrons. The summed E-state index contributed by atoms with van der Waals surface area (Å²) in [6.07, 6.45) is 4.12. The fourth-order valence-electron chi connectivity index (χ4n) is 3.11. The van der Waals surface area contributed by atoms with Gasteiger partial charge in [0.05, 0.1) is 5.54 Å². The lowest BCUT2D eigenvalue weighted by molar-refractivity contribution is 0.0898. The molecule has 1 N–H and O–H groups in total. The maximum absolute atomic E-state index is 13.0. The van der Waals surface area contributed by atoms with Gasteiger partial charge in [-0.25, -0.2) is 4.39 Å². The molecule has 108 valence electrons. The lowest BCUT2D eigenvalue weighted by atomic mass is 9.88. The monoisotopic (exact) mass is 283 g/mol. The van der Waals surface area contributed by atoms with Crippen LogP contribution < -0.4 is 5.32 Å². The molecule has 3 heteroatoms. The Morgan fingerprint density at radius 1 is 0.952 bits per heavy atom. The van der Waals surface area contributed by atoms with E-state index in [0.717, 1.165) is 31.2 Å². The summed E-state index contributed by atoms with van der Waals surface area (Å²) in [5, 5.41) is 3.18. The number of amides is 1. The average Bonchev–Trinajstić information content (AvgIpc) is 2.98. The van der Waals surface area contributed by atoms with Gasteiger partial charge in [0.1, 0.15) is 5.82 Å². The molecule has 0 heterocycles. The van der Waals surface area contributed by atoms with Crippen LogP contribution in [0.5, 0.6) is 0 Å². The summed E-state index contributed by atoms with van der Waals surface area (Å²) in [7, 11) is 0. The van der Waals surface area contributed by atoms with E-state index in [1.165, 1.54) is 24.3 Å². The fourth-order valence-corrected chi connectivity index (χ4v) is 3.11. The number of rotatable bonds is 3. The summed E-state index contributed by atoms with van der Waals surface area (Å²) < 4.78 is 13.0. The van der Waals surface area contributed by atoms with Crippen molar-refractivity contribution in [3.8, 4) is 0 Å². The molecule has 0 saturated heterocycles. The smallest absolute Gasteiger partial charge is 0.251 e. The van der Waals surface area contributed by atoms with Gasteiger partial charge in [-0.05, 0) is 42.7 Å². The Morgan fingerprint density at radius 3 is 2.19 bits per heavy atom. The molecule has 21 heavy (non-hydrogen) atoms. The lowest BCUT2D eigenvalue weighted by Crippen LogP contribution is -2.43. The Labute approximate surface area is 124 Å². The van der Waals surface area contributed by atoms with Crippen molar-refractivity contribution in [2.45, 2.75) is 31.2 Å². The highest BCUT2D eigenvalue weighted by atomic mass is 19.1. The van der Waals surface area contributed by atoms with Crippen LogP contribution in [0.25, 0.3) is 0 Å². The first kappa shape index (κ1) is 13.8. The second kappa shape index (κ2) is 5.68. The van der Waals surface area contributed by atoms with Crippen molar-refractivity contribution in [1.82, 2.24) is 5.32 Å². The molecule has 1 amide bonds. The van der Waals surface area contributed by atoms with Crippen LogP contribution in [-0.4, -0.2) is 5.91 Å². The summed E-state index contributed by atoms with van der Waals surface area (Å²) in [6, 6.07) is 15.8. The van der Waals surface area contributed by atoms with Gasteiger partial charge >= 0.3 is 0 Å². The molecular formula is C18H18FNO. The zero-order valence-corrected chi connectivity index (χ0v) is 11.8. The van der Waals surface area contributed by atoms with Crippen LogP contribution in [0, 0.1) is 5.82 Å². The molecule has 0 unspecified atom stereocenters. The number of halogens is 1. The van der Waals surface area contributed by atoms with E-state index in [2.05, 4.69) is 17.4 Å². The van der Waals surface area contributed by atoms with E-state index in [1.54, 1.807) is 0 Å². The number of carbonyl (C=O) groups excluding carboxylic acids is 1. The van der Waals surface area contributed by atoms with E-state index in [-0.39, 0.29) is 17.3 Å². The van der Waals surface area contributed by atoms with E-state index in [1.807, 2.05) is 18.2 Å². The molecule has 0 spiro atoms. The fraction of sp³-hybridized carbons (Fsp3) is 0.278. The normalized spacial score (nSPS) is 16.6. The van der Waals surface area contributed by atoms with E-state index in [9.17, 15) is 9.18 Å². The van der Waals surface area contributed by atoms with Gasteiger partial charge in [0.2, 0.25) is 0 Å². The maximum Gasteiger partial charge on any atom is 0.251 e. The van der Waals surface area contributed by atoms with Gasteiger partial charge in [0, 0.05) is 5.56 Å². The standard InChI is InChI=1S/C18H18FNO/c19-16-10-8-14(9-11-16)17(21)20-18(12-4-5-13-18)15-6-2-1-3-7-15/h1-3,6-11H,4-5,12-13H2,(H,20,21). The van der Waals surface area contributed by atoms with Crippen molar-refractivity contribution in [2.24, 2.45) is 0 Å². The van der Waals surface area contributed by atoms with Gasteiger partial charge in [-0.15, -0.1) is 0 Å². The number of hydrogen-bond donors (Lipinski definition) is 1. The van der Waals surface area contributed by atoms with Crippen molar-refractivity contribution < 1.29 is 9.18 Å². The average molecular weight is 283 g/mol. The van der Waals surface area contributed by atoms with Crippen molar-refractivity contribution in [3.63, 3.8) is 0 Å². The highest BCUT2D eigenvalue weighted by molar-refractivity contribution is 5.94. The highest BCUT2D eigenvalue weighted by Gasteiger charge is 2.36. The van der Waals surface area contributed by atoms with Crippen LogP contribution in [0.3, 0.4) is 0 Å². The third kappa shape index (κ3) is 2.82. The molecule has 2 nitrogen and oxygen atoms in total. The number of carbonyl (C=O) groups is 1. The first-order chi connectivity index (χ1) is 10.2. The zero-order chi connectivity index (χ0) is 14.7. The maximum atomic E-state index is 13.0. The second-order valence-electron chi connectivity index (χ2n) is 5.62. The molecule has 1 saturated carbocycles. The molecule has 2 aromatic carbocycles. The Morgan fingerprint density at radius 2 is 1.57 bits per heavy atom. The third-order valence-corrected chi connectivity index (χ3v) is 4.24. The Bertz CT molecular complexity index is 615. The van der Waals surface area contributed by atoms with Crippen molar-refractivity contribution in [2.75, 3.05) is 0 Å². The van der Waals surface area contributed by atoms with Gasteiger partial charge in [-0.2, -0.15) is 0 Å². The van der Waals surface area contributed by atoms with Gasteiger partial charge in [0.15, 0.2) is 0 Å². The molecule has 0 bridgehead atoms. The quantitative estimate of drug-likeness (QED) is 0.905. The molecule has 3 rings (SSSR count). The molecule has 2 aromatic rings. The summed E-state index contributed by atoms with van der Waals surface area (Å²) >= 11 is 0. The predicted octanol–water partition coefficient (Wildman–Crippen LogP) is 4.03. The van der Waals surface area contributed by atoms with E-state index in [4.69, 9.17) is 0 Å². The Balaban J connectivity index is 1.86. The predicted molar refractivity (Wildman–Crippen MR) is 80.5 cm³/mol. The molecule has 1 aliphatic carbocycles. The third-order valence-electron chi connectivity index (χ3n) is 4.24. The Kier molecular flexibility index (Phi) is 3.74. The van der Waals surface area contributed by atoms with Gasteiger partial charge in [0.25, 0.3) is 5.91 Å². The van der Waals surface area contributed by atoms with Crippen LogP contribution >= 0.6 is 0 Å². The molecule has 1 fully saturated rings. The minimum absolute atomic E-state index is 0.138. The van der Waals surface area contributed by atoms with E-state index in [0.29, 0.717) is 5.56 Å². The van der Waals surface area contributed by atoms with Crippen molar-refractivity contribution in [3.05, 3.63) is 71.5 Å². The topological polar surface area (TPSA) is 29.1 Å². The first-order valence-electron chi connectivity index (χ1n) is 7.33. The zero-order valence-electron chi connectivity index (χ0n) is 11.8. The van der Waals surface area contributed by atoms with Crippen LogP contribution in [0.1, 0.15) is 41.6 Å². The largest absolute Gasteiger partial charge is 0.343 e. The summed E-state index contributed by atoms with van der Waals surface area (Å²) in [5.41, 5.74) is 1.36. The molecule has 1 aliphatic rings. The summed E-state index contributed by atoms with van der Waals surface area (Å²) in [4.78, 5) is 12.5. The van der Waals surface area contributed by atoms with Crippen LogP contribution in [-0.2, 0) is 5.54 Å². The summed E-state index contributed by atoms with van der Waals surface area (Å²) in [6.45, 7) is 0.